The molecule has 0 saturated carbocycles. The minimum Gasteiger partial charge on any atom is -0.542 e. The minimum absolute atomic E-state index is 0. The summed E-state index contributed by atoms with van der Waals surface area (Å²) in [7, 11) is 0. The van der Waals surface area contributed by atoms with E-state index in [1.165, 1.54) is 19.5 Å². The zero-order valence-electron chi connectivity index (χ0n) is 6.77. The maximum Gasteiger partial charge on any atom is 0.300 e. The van der Waals surface area contributed by atoms with Crippen LogP contribution in [0, 0.1) is 5.92 Å². The van der Waals surface area contributed by atoms with Gasteiger partial charge in [0.15, 0.2) is 0 Å². The average molecular weight is 334 g/mol. The zero-order chi connectivity index (χ0) is 8.85. The molecule has 0 amide bonds. The van der Waals surface area contributed by atoms with Crippen LogP contribution < -0.4 is 0 Å². The molecule has 0 N–H and O–H groups in total. The Morgan fingerprint density at radius 2 is 1.46 bits per heavy atom. The molecule has 7 heteroatoms. The first-order valence-corrected chi connectivity index (χ1v) is 2.59. The summed E-state index contributed by atoms with van der Waals surface area (Å²) in [5, 5.41) is 0. The monoisotopic (exact) mass is 334 g/mol. The zero-order valence-corrected chi connectivity index (χ0v) is 12.4. The Labute approximate surface area is 125 Å². The standard InChI is InChI=1S/C4HO4.C2H3O.2Y/c5-1-2-3(6)8-4(2)7;1-2-3;;/h2H;1H3;;/q2*-1;;. The summed E-state index contributed by atoms with van der Waals surface area (Å²) in [6.07, 6.45) is 2.73. The van der Waals surface area contributed by atoms with Gasteiger partial charge in [0, 0.05) is 65.4 Å². The number of carbonyl (C=O) groups excluding carboxylic acids is 4. The predicted octanol–water partition coefficient (Wildman–Crippen LogP) is -1.09. The topological polar surface area (TPSA) is 77.5 Å². The third-order valence-corrected chi connectivity index (χ3v) is 0.790. The van der Waals surface area contributed by atoms with Gasteiger partial charge >= 0.3 is 11.9 Å². The SMILES string of the molecule is C[C-]=O.O=[C-]C1C(=O)OC1=O.[Y].[Y]. The van der Waals surface area contributed by atoms with Crippen LogP contribution in [0.3, 0.4) is 0 Å². The summed E-state index contributed by atoms with van der Waals surface area (Å²) >= 11 is 0. The van der Waals surface area contributed by atoms with E-state index in [-0.39, 0.29) is 65.4 Å². The summed E-state index contributed by atoms with van der Waals surface area (Å²) < 4.78 is 3.80. The van der Waals surface area contributed by atoms with Crippen LogP contribution in [0.25, 0.3) is 0 Å². The van der Waals surface area contributed by atoms with E-state index in [2.05, 4.69) is 4.74 Å². The molecule has 66 valence electrons. The summed E-state index contributed by atoms with van der Waals surface area (Å²) in [5.74, 6) is -2.86. The van der Waals surface area contributed by atoms with Gasteiger partial charge in [0.25, 0.3) is 0 Å². The van der Waals surface area contributed by atoms with Crippen LogP contribution in [-0.2, 0) is 89.3 Å². The average Bonchev–Trinajstić information content (AvgIpc) is 1.90. The number of ether oxygens (including phenoxy) is 1. The molecule has 0 atom stereocenters. The molecule has 1 saturated heterocycles. The first-order valence-electron chi connectivity index (χ1n) is 2.59. The van der Waals surface area contributed by atoms with Crippen LogP contribution in [0.2, 0.25) is 0 Å². The second-order valence-electron chi connectivity index (χ2n) is 1.50. The fraction of sp³-hybridized carbons (Fsp3) is 0.333. The van der Waals surface area contributed by atoms with Gasteiger partial charge in [-0.2, -0.15) is 6.92 Å². The van der Waals surface area contributed by atoms with Crippen LogP contribution >= 0.6 is 0 Å². The van der Waals surface area contributed by atoms with Crippen molar-refractivity contribution in [3.8, 4) is 0 Å². The van der Waals surface area contributed by atoms with Gasteiger partial charge in [-0.1, -0.05) is 0 Å². The number of esters is 2. The van der Waals surface area contributed by atoms with Crippen molar-refractivity contribution in [3.63, 3.8) is 0 Å². The van der Waals surface area contributed by atoms with Crippen molar-refractivity contribution in [2.75, 3.05) is 0 Å². The summed E-state index contributed by atoms with van der Waals surface area (Å²) in [4.78, 5) is 38.2. The fourth-order valence-corrected chi connectivity index (χ4v) is 0.351. The second kappa shape index (κ2) is 10.8. The summed E-state index contributed by atoms with van der Waals surface area (Å²) in [5.41, 5.74) is 0. The van der Waals surface area contributed by atoms with Gasteiger partial charge in [-0.3, -0.25) is 15.9 Å². The van der Waals surface area contributed by atoms with E-state index in [4.69, 9.17) is 4.79 Å². The molecule has 0 bridgehead atoms. The molecule has 0 unspecified atom stereocenters. The molecule has 2 radical (unpaired) electrons. The molecule has 0 aliphatic carbocycles. The maximum atomic E-state index is 9.97. The molecule has 1 rings (SSSR count). The van der Waals surface area contributed by atoms with E-state index < -0.39 is 17.9 Å². The van der Waals surface area contributed by atoms with E-state index >= 15 is 0 Å². The maximum absolute atomic E-state index is 9.97. The number of carbonyl (C=O) groups is 2. The quantitative estimate of drug-likeness (QED) is 0.346. The molecule has 1 aliphatic heterocycles. The Morgan fingerprint density at radius 1 is 1.15 bits per heavy atom. The smallest absolute Gasteiger partial charge is 0.300 e. The molecule has 0 aromatic rings. The molecule has 0 spiro atoms. The van der Waals surface area contributed by atoms with Crippen molar-refractivity contribution in [3.05, 3.63) is 0 Å². The number of hydrogen-bond donors (Lipinski definition) is 0. The Morgan fingerprint density at radius 3 is 1.54 bits per heavy atom. The van der Waals surface area contributed by atoms with E-state index in [1.807, 2.05) is 0 Å². The van der Waals surface area contributed by atoms with Gasteiger partial charge in [0.2, 0.25) is 0 Å². The van der Waals surface area contributed by atoms with Gasteiger partial charge < -0.3 is 14.3 Å². The van der Waals surface area contributed by atoms with Crippen molar-refractivity contribution >= 4 is 24.5 Å². The molecule has 0 aromatic carbocycles. The van der Waals surface area contributed by atoms with Crippen molar-refractivity contribution in [2.45, 2.75) is 6.92 Å². The molecule has 1 aliphatic rings. The first kappa shape index (κ1) is 19.3. The summed E-state index contributed by atoms with van der Waals surface area (Å²) in [6, 6.07) is 0. The van der Waals surface area contributed by atoms with Crippen molar-refractivity contribution in [1.29, 1.82) is 0 Å². The van der Waals surface area contributed by atoms with Crippen molar-refractivity contribution < 1.29 is 89.3 Å². The largest absolute Gasteiger partial charge is 0.542 e. The minimum atomic E-state index is -1.25. The third kappa shape index (κ3) is 6.72. The third-order valence-electron chi connectivity index (χ3n) is 0.790. The Balaban J connectivity index is -0.000000180. The van der Waals surface area contributed by atoms with E-state index in [0.29, 0.717) is 0 Å². The number of rotatable bonds is 1. The van der Waals surface area contributed by atoms with Gasteiger partial charge in [0.1, 0.15) is 0 Å². The normalized spacial score (nSPS) is 13.0. The molecular weight excluding hydrogens is 330 g/mol. The number of cyclic esters (lactones) is 2. The first-order chi connectivity index (χ1) is 5.17. The van der Waals surface area contributed by atoms with Crippen LogP contribution in [0.4, 0.5) is 0 Å². The molecule has 13 heavy (non-hydrogen) atoms. The second-order valence-corrected chi connectivity index (χ2v) is 1.50. The number of hydrogen-bond acceptors (Lipinski definition) is 5. The van der Waals surface area contributed by atoms with Crippen LogP contribution in [0.5, 0.6) is 0 Å². The van der Waals surface area contributed by atoms with Crippen LogP contribution in [-0.4, -0.2) is 24.5 Å². The van der Waals surface area contributed by atoms with Crippen molar-refractivity contribution in [1.82, 2.24) is 0 Å². The Hall–Kier alpha value is 0.688. The summed E-state index contributed by atoms with van der Waals surface area (Å²) in [6.45, 7) is 1.32. The molecular formula is C6H4O5Y2-2. The van der Waals surface area contributed by atoms with Crippen LogP contribution in [0.15, 0.2) is 0 Å². The molecule has 1 heterocycles. The molecule has 1 fully saturated rings. The van der Waals surface area contributed by atoms with Crippen LogP contribution in [0.1, 0.15) is 6.92 Å². The van der Waals surface area contributed by atoms with Gasteiger partial charge in [0.05, 0.1) is 5.92 Å². The van der Waals surface area contributed by atoms with Gasteiger partial charge in [-0.25, -0.2) is 6.29 Å². The van der Waals surface area contributed by atoms with Crippen molar-refractivity contribution in [2.24, 2.45) is 5.92 Å². The fourth-order valence-electron chi connectivity index (χ4n) is 0.351. The Kier molecular flexibility index (Phi) is 16.0. The predicted molar refractivity (Wildman–Crippen MR) is 31.6 cm³/mol. The molecule has 0 aromatic heterocycles. The van der Waals surface area contributed by atoms with Gasteiger partial charge in [-0.05, 0) is 0 Å². The van der Waals surface area contributed by atoms with E-state index in [0.717, 1.165) is 0 Å². The van der Waals surface area contributed by atoms with E-state index in [1.54, 1.807) is 0 Å². The van der Waals surface area contributed by atoms with Gasteiger partial charge in [-0.15, -0.1) is 0 Å². The van der Waals surface area contributed by atoms with E-state index in [9.17, 15) is 14.4 Å². The molecule has 5 nitrogen and oxygen atoms in total. The Bertz CT molecular complexity index is 189.